The summed E-state index contributed by atoms with van der Waals surface area (Å²) in [7, 11) is 0. The van der Waals surface area contributed by atoms with Gasteiger partial charge in [0.1, 0.15) is 9.32 Å². The highest BCUT2D eigenvalue weighted by molar-refractivity contribution is 14.2. The third-order valence-electron chi connectivity index (χ3n) is 2.73. The number of rotatable bonds is 1. The van der Waals surface area contributed by atoms with Gasteiger partial charge in [0.15, 0.2) is 0 Å². The zero-order chi connectivity index (χ0) is 11.0. The lowest BCUT2D eigenvalue weighted by Crippen LogP contribution is -1.96. The second kappa shape index (κ2) is 3.84. The molecule has 4 heteroatoms. The molecule has 3 nitrogen and oxygen atoms in total. The minimum Gasteiger partial charge on any atom is -0.506 e. The SMILES string of the molecule is Cc1c(C)c(C)c(I(=O)=O)c(O)c1C. The van der Waals surface area contributed by atoms with Crippen molar-refractivity contribution in [3.63, 3.8) is 0 Å². The van der Waals surface area contributed by atoms with Gasteiger partial charge in [0, 0.05) is 0 Å². The molecule has 0 aromatic heterocycles. The zero-order valence-electron chi connectivity index (χ0n) is 8.64. The van der Waals surface area contributed by atoms with Crippen LogP contribution in [-0.2, 0) is 6.14 Å². The van der Waals surface area contributed by atoms with Crippen molar-refractivity contribution in [3.05, 3.63) is 25.8 Å². The number of aromatic hydroxyl groups is 1. The fourth-order valence-corrected chi connectivity index (χ4v) is 3.32. The average molecular weight is 308 g/mol. The van der Waals surface area contributed by atoms with Gasteiger partial charge in [0.05, 0.1) is 0 Å². The average Bonchev–Trinajstić information content (AvgIpc) is 2.11. The van der Waals surface area contributed by atoms with Crippen molar-refractivity contribution in [2.45, 2.75) is 27.7 Å². The van der Waals surface area contributed by atoms with Crippen molar-refractivity contribution in [2.75, 3.05) is 0 Å². The number of phenolic OH excluding ortho intramolecular Hbond substituents is 1. The molecule has 0 amide bonds. The number of halogens is 1. The molecule has 0 aliphatic rings. The molecule has 0 aliphatic heterocycles. The first kappa shape index (κ1) is 11.4. The summed E-state index contributed by atoms with van der Waals surface area (Å²) in [6.07, 6.45) is 0. The van der Waals surface area contributed by atoms with E-state index >= 15 is 0 Å². The van der Waals surface area contributed by atoms with Gasteiger partial charge in [-0.25, -0.2) is 6.14 Å². The maximum atomic E-state index is 11.0. The zero-order valence-corrected chi connectivity index (χ0v) is 10.8. The summed E-state index contributed by atoms with van der Waals surface area (Å²) < 4.78 is 22.2. The van der Waals surface area contributed by atoms with Crippen LogP contribution in [-0.4, -0.2) is 5.11 Å². The van der Waals surface area contributed by atoms with Gasteiger partial charge in [-0.3, -0.25) is 0 Å². The van der Waals surface area contributed by atoms with E-state index in [1.165, 1.54) is 0 Å². The normalized spacial score (nSPS) is 10.9. The van der Waals surface area contributed by atoms with E-state index in [0.717, 1.165) is 11.1 Å². The number of hydrogen-bond acceptors (Lipinski definition) is 3. The van der Waals surface area contributed by atoms with Crippen LogP contribution in [0.15, 0.2) is 0 Å². The Kier molecular flexibility index (Phi) is 3.14. The molecule has 0 fully saturated rings. The molecular weight excluding hydrogens is 295 g/mol. The van der Waals surface area contributed by atoms with E-state index in [9.17, 15) is 11.2 Å². The third-order valence-corrected chi connectivity index (χ3v) is 4.93. The molecule has 0 heterocycles. The largest absolute Gasteiger partial charge is 0.506 e. The molecule has 14 heavy (non-hydrogen) atoms. The second-order valence-electron chi connectivity index (χ2n) is 3.38. The summed E-state index contributed by atoms with van der Waals surface area (Å²) in [5.41, 5.74) is 3.25. The molecule has 0 bridgehead atoms. The minimum absolute atomic E-state index is 0.0687. The van der Waals surface area contributed by atoms with Crippen molar-refractivity contribution in [1.82, 2.24) is 0 Å². The molecule has 1 N–H and O–H groups in total. The van der Waals surface area contributed by atoms with Gasteiger partial charge in [-0.1, -0.05) is 0 Å². The van der Waals surface area contributed by atoms with Gasteiger partial charge in [-0.2, -0.15) is 0 Å². The lowest BCUT2D eigenvalue weighted by atomic mass is 9.99. The van der Waals surface area contributed by atoms with E-state index in [0.29, 0.717) is 11.1 Å². The summed E-state index contributed by atoms with van der Waals surface area (Å²) >= 11 is -3.60. The van der Waals surface area contributed by atoms with Gasteiger partial charge in [-0.05, 0) is 49.9 Å². The number of phenols is 1. The van der Waals surface area contributed by atoms with Gasteiger partial charge in [-0.15, -0.1) is 0 Å². The Morgan fingerprint density at radius 3 is 1.71 bits per heavy atom. The standard InChI is InChI=1S/C10H13IO3/c1-5-6(2)8(4)10(12)9(7(5)3)11(13)14/h12H,1-4H3. The Hall–Kier alpha value is -0.650. The topological polar surface area (TPSA) is 54.4 Å². The Morgan fingerprint density at radius 1 is 0.857 bits per heavy atom. The predicted molar refractivity (Wildman–Crippen MR) is 61.1 cm³/mol. The van der Waals surface area contributed by atoms with Crippen LogP contribution in [0.3, 0.4) is 0 Å². The van der Waals surface area contributed by atoms with E-state index in [2.05, 4.69) is 0 Å². The first-order valence-corrected chi connectivity index (χ1v) is 7.06. The Balaban J connectivity index is 3.77. The van der Waals surface area contributed by atoms with Crippen LogP contribution in [0.1, 0.15) is 22.3 Å². The van der Waals surface area contributed by atoms with E-state index in [-0.39, 0.29) is 9.32 Å². The smallest absolute Gasteiger partial charge is 0.344 e. The predicted octanol–water partition coefficient (Wildman–Crippen LogP) is 2.99. The van der Waals surface area contributed by atoms with Gasteiger partial charge in [0.2, 0.25) is 0 Å². The van der Waals surface area contributed by atoms with E-state index in [4.69, 9.17) is 0 Å². The highest BCUT2D eigenvalue weighted by atomic mass is 127. The summed E-state index contributed by atoms with van der Waals surface area (Å²) in [5.74, 6) is -0.0687. The van der Waals surface area contributed by atoms with Crippen LogP contribution in [0.5, 0.6) is 5.75 Å². The molecule has 0 atom stereocenters. The minimum atomic E-state index is -3.60. The fraction of sp³-hybridized carbons (Fsp3) is 0.400. The molecule has 1 aromatic carbocycles. The first-order valence-electron chi connectivity index (χ1n) is 4.22. The molecule has 0 spiro atoms. The van der Waals surface area contributed by atoms with E-state index < -0.39 is 19.8 Å². The molecule has 0 radical (unpaired) electrons. The van der Waals surface area contributed by atoms with E-state index in [1.807, 2.05) is 13.8 Å². The molecule has 1 rings (SSSR count). The summed E-state index contributed by atoms with van der Waals surface area (Å²) in [6.45, 7) is 7.23. The number of benzene rings is 1. The molecule has 0 aliphatic carbocycles. The summed E-state index contributed by atoms with van der Waals surface area (Å²) in [5, 5.41) is 9.69. The van der Waals surface area contributed by atoms with Crippen molar-refractivity contribution < 1.29 is 11.2 Å². The van der Waals surface area contributed by atoms with Crippen molar-refractivity contribution in [2.24, 2.45) is 0 Å². The highest BCUT2D eigenvalue weighted by Gasteiger charge is 2.17. The molecular formula is C10H13IO3. The fourth-order valence-electron chi connectivity index (χ4n) is 1.44. The maximum absolute atomic E-state index is 11.0. The van der Waals surface area contributed by atoms with Gasteiger partial charge < -0.3 is 5.11 Å². The molecule has 1 aromatic rings. The molecule has 78 valence electrons. The molecule has 0 saturated carbocycles. The van der Waals surface area contributed by atoms with Crippen molar-refractivity contribution in [3.8, 4) is 5.75 Å². The Labute approximate surface area is 90.3 Å². The van der Waals surface area contributed by atoms with Crippen molar-refractivity contribution >= 4 is 19.8 Å². The Bertz CT molecular complexity index is 422. The van der Waals surface area contributed by atoms with Crippen LogP contribution in [0.4, 0.5) is 0 Å². The van der Waals surface area contributed by atoms with Gasteiger partial charge in [0.25, 0.3) is 0 Å². The van der Waals surface area contributed by atoms with Crippen LogP contribution in [0.25, 0.3) is 0 Å². The summed E-state index contributed by atoms with van der Waals surface area (Å²) in [6, 6.07) is 0. The second-order valence-corrected chi connectivity index (χ2v) is 5.70. The third kappa shape index (κ3) is 1.63. The van der Waals surface area contributed by atoms with Gasteiger partial charge >= 0.3 is 19.8 Å². The highest BCUT2D eigenvalue weighted by Crippen LogP contribution is 2.37. The molecule has 0 unspecified atom stereocenters. The number of hydrogen-bond donors (Lipinski definition) is 1. The lowest BCUT2D eigenvalue weighted by Gasteiger charge is -2.12. The van der Waals surface area contributed by atoms with Crippen LogP contribution in [0.2, 0.25) is 0 Å². The lowest BCUT2D eigenvalue weighted by molar-refractivity contribution is 0.465. The Morgan fingerprint density at radius 2 is 1.29 bits per heavy atom. The van der Waals surface area contributed by atoms with Crippen LogP contribution in [0, 0.1) is 31.3 Å². The molecule has 0 saturated heterocycles. The van der Waals surface area contributed by atoms with Crippen molar-refractivity contribution in [1.29, 1.82) is 0 Å². The van der Waals surface area contributed by atoms with E-state index in [1.54, 1.807) is 13.8 Å². The maximum Gasteiger partial charge on any atom is 0.344 e. The van der Waals surface area contributed by atoms with Crippen LogP contribution < -0.4 is 0 Å². The van der Waals surface area contributed by atoms with Crippen LogP contribution >= 0.6 is 19.8 Å². The quantitative estimate of drug-likeness (QED) is 0.812. The first-order chi connectivity index (χ1) is 6.37. The summed E-state index contributed by atoms with van der Waals surface area (Å²) in [4.78, 5) is 0. The monoisotopic (exact) mass is 308 g/mol.